The predicted octanol–water partition coefficient (Wildman–Crippen LogP) is 5.21. The summed E-state index contributed by atoms with van der Waals surface area (Å²) in [5, 5.41) is 6.74. The standard InChI is InChI=1S/C28H29N5O4S/c1-2-22(34)32-14-6-7-17(16-32)30-26(35)25-24-23-21(12-13-29-27(23)38-25)33(28(36)31-24)18-8-5-11-20(15-18)37-19-9-3-4-10-19/h2,5,8,11-13,15,17,19H,1,3-4,6-7,9-10,14,16H2,(H,30,35)(H,31,36)/t17-/m1/s1. The molecule has 3 aromatic rings. The number of thiophene rings is 1. The first-order chi connectivity index (χ1) is 18.5. The van der Waals surface area contributed by atoms with Gasteiger partial charge in [0.25, 0.3) is 5.91 Å². The molecular weight excluding hydrogens is 502 g/mol. The number of anilines is 3. The Labute approximate surface area is 224 Å². The Morgan fingerprint density at radius 1 is 1.18 bits per heavy atom. The van der Waals surface area contributed by atoms with Gasteiger partial charge < -0.3 is 20.3 Å². The molecule has 6 rings (SSSR count). The molecule has 10 heteroatoms. The van der Waals surface area contributed by atoms with Crippen LogP contribution in [0, 0.1) is 0 Å². The first kappa shape index (κ1) is 24.4. The number of urea groups is 1. The van der Waals surface area contributed by atoms with Crippen LogP contribution in [0.1, 0.15) is 48.2 Å². The van der Waals surface area contributed by atoms with Crippen LogP contribution < -0.4 is 20.3 Å². The number of likely N-dealkylation sites (tertiary alicyclic amines) is 1. The van der Waals surface area contributed by atoms with E-state index in [-0.39, 0.29) is 30.0 Å². The first-order valence-electron chi connectivity index (χ1n) is 13.0. The molecule has 4 heterocycles. The number of carbonyl (C=O) groups is 3. The Morgan fingerprint density at radius 3 is 2.84 bits per heavy atom. The monoisotopic (exact) mass is 531 g/mol. The van der Waals surface area contributed by atoms with Crippen LogP contribution in [0.2, 0.25) is 0 Å². The maximum atomic E-state index is 13.4. The molecule has 2 aliphatic heterocycles. The van der Waals surface area contributed by atoms with Gasteiger partial charge in [-0.1, -0.05) is 12.6 Å². The van der Waals surface area contributed by atoms with Gasteiger partial charge in [0.2, 0.25) is 5.91 Å². The SMILES string of the molecule is C=CC(=O)N1CCC[C@@H](NC(=O)c2sc3nccc4c3c2NC(=O)N4c2cccc(OC3CCCC3)c2)C1. The van der Waals surface area contributed by atoms with E-state index in [1.807, 2.05) is 24.3 Å². The highest BCUT2D eigenvalue weighted by atomic mass is 32.1. The van der Waals surface area contributed by atoms with Gasteiger partial charge in [0.05, 0.1) is 28.6 Å². The van der Waals surface area contributed by atoms with Crippen LogP contribution in [-0.4, -0.2) is 53.0 Å². The van der Waals surface area contributed by atoms with Crippen LogP contribution in [0.25, 0.3) is 10.2 Å². The second kappa shape index (κ2) is 10.1. The average molecular weight is 532 g/mol. The third-order valence-corrected chi connectivity index (χ3v) is 8.47. The summed E-state index contributed by atoms with van der Waals surface area (Å²) in [6.45, 7) is 4.64. The molecule has 0 bridgehead atoms. The van der Waals surface area contributed by atoms with Crippen molar-refractivity contribution in [2.24, 2.45) is 0 Å². The number of piperidine rings is 1. The van der Waals surface area contributed by atoms with Crippen molar-refractivity contribution >= 4 is 56.5 Å². The molecule has 0 radical (unpaired) electrons. The first-order valence-corrected chi connectivity index (χ1v) is 13.8. The second-order valence-electron chi connectivity index (χ2n) is 9.90. The van der Waals surface area contributed by atoms with E-state index >= 15 is 0 Å². The van der Waals surface area contributed by atoms with Crippen molar-refractivity contribution in [3.8, 4) is 5.75 Å². The topological polar surface area (TPSA) is 104 Å². The third kappa shape index (κ3) is 4.49. The summed E-state index contributed by atoms with van der Waals surface area (Å²) in [6, 6.07) is 8.83. The summed E-state index contributed by atoms with van der Waals surface area (Å²) in [6.07, 6.45) is 9.19. The number of amides is 4. The van der Waals surface area contributed by atoms with Crippen LogP contribution in [-0.2, 0) is 4.79 Å². The lowest BCUT2D eigenvalue weighted by atomic mass is 10.1. The van der Waals surface area contributed by atoms with Crippen molar-refractivity contribution in [3.05, 3.63) is 54.1 Å². The maximum absolute atomic E-state index is 13.4. The number of pyridine rings is 1. The normalized spacial score (nSPS) is 19.4. The number of rotatable bonds is 6. The van der Waals surface area contributed by atoms with Crippen molar-refractivity contribution in [1.29, 1.82) is 0 Å². The van der Waals surface area contributed by atoms with Crippen LogP contribution in [0.15, 0.2) is 49.2 Å². The highest BCUT2D eigenvalue weighted by Gasteiger charge is 2.34. The van der Waals surface area contributed by atoms with Gasteiger partial charge in [-0.15, -0.1) is 11.3 Å². The molecule has 1 atom stereocenters. The molecular formula is C28H29N5O4S. The minimum atomic E-state index is -0.351. The molecule has 0 unspecified atom stereocenters. The van der Waals surface area contributed by atoms with Gasteiger partial charge in [0.1, 0.15) is 15.5 Å². The maximum Gasteiger partial charge on any atom is 0.331 e. The number of nitrogens with one attached hydrogen (secondary N) is 2. The van der Waals surface area contributed by atoms with Crippen LogP contribution in [0.3, 0.4) is 0 Å². The Balaban J connectivity index is 1.29. The molecule has 4 amide bonds. The number of hydrogen-bond acceptors (Lipinski definition) is 6. The summed E-state index contributed by atoms with van der Waals surface area (Å²) in [5.74, 6) is 0.313. The molecule has 196 valence electrons. The number of nitrogens with zero attached hydrogens (tertiary/aromatic N) is 3. The van der Waals surface area contributed by atoms with E-state index in [0.29, 0.717) is 39.9 Å². The summed E-state index contributed by atoms with van der Waals surface area (Å²) in [7, 11) is 0. The van der Waals surface area contributed by atoms with Crippen LogP contribution in [0.5, 0.6) is 5.75 Å². The molecule has 2 fully saturated rings. The fourth-order valence-electron chi connectivity index (χ4n) is 5.57. The third-order valence-electron chi connectivity index (χ3n) is 7.38. The zero-order chi connectivity index (χ0) is 26.2. The van der Waals surface area contributed by atoms with Gasteiger partial charge in [-0.05, 0) is 62.8 Å². The Bertz CT molecular complexity index is 1430. The Morgan fingerprint density at radius 2 is 2.03 bits per heavy atom. The summed E-state index contributed by atoms with van der Waals surface area (Å²) in [4.78, 5) is 47.7. The minimum absolute atomic E-state index is 0.139. The zero-order valence-corrected chi connectivity index (χ0v) is 21.8. The lowest BCUT2D eigenvalue weighted by Gasteiger charge is -2.32. The molecule has 38 heavy (non-hydrogen) atoms. The number of aromatic nitrogens is 1. The van der Waals surface area contributed by atoms with E-state index in [2.05, 4.69) is 22.2 Å². The number of hydrogen-bond donors (Lipinski definition) is 2. The largest absolute Gasteiger partial charge is 0.490 e. The molecule has 2 N–H and O–H groups in total. The molecule has 3 aliphatic rings. The highest BCUT2D eigenvalue weighted by Crippen LogP contribution is 2.46. The van der Waals surface area contributed by atoms with E-state index in [9.17, 15) is 14.4 Å². The van der Waals surface area contributed by atoms with Crippen molar-refractivity contribution in [2.45, 2.75) is 50.7 Å². The van der Waals surface area contributed by atoms with Gasteiger partial charge in [-0.2, -0.15) is 0 Å². The van der Waals surface area contributed by atoms with Crippen molar-refractivity contribution in [2.75, 3.05) is 23.3 Å². The molecule has 0 spiro atoms. The van der Waals surface area contributed by atoms with Gasteiger partial charge in [0.15, 0.2) is 0 Å². The van der Waals surface area contributed by atoms with Gasteiger partial charge in [-0.25, -0.2) is 9.78 Å². The molecule has 1 saturated carbocycles. The van der Waals surface area contributed by atoms with E-state index in [1.165, 1.54) is 30.3 Å². The minimum Gasteiger partial charge on any atom is -0.490 e. The smallest absolute Gasteiger partial charge is 0.331 e. The second-order valence-corrected chi connectivity index (χ2v) is 10.9. The van der Waals surface area contributed by atoms with E-state index in [4.69, 9.17) is 4.74 Å². The number of benzene rings is 1. The zero-order valence-electron chi connectivity index (χ0n) is 20.9. The Kier molecular flexibility index (Phi) is 6.49. The predicted molar refractivity (Wildman–Crippen MR) is 147 cm³/mol. The van der Waals surface area contributed by atoms with Gasteiger partial charge in [0, 0.05) is 31.4 Å². The van der Waals surface area contributed by atoms with E-state index in [0.717, 1.165) is 36.8 Å². The highest BCUT2D eigenvalue weighted by molar-refractivity contribution is 7.21. The number of ether oxygens (including phenoxy) is 1. The fourth-order valence-corrected chi connectivity index (χ4v) is 6.59. The average Bonchev–Trinajstić information content (AvgIpc) is 3.57. The van der Waals surface area contributed by atoms with Gasteiger partial charge in [-0.3, -0.25) is 14.5 Å². The lowest BCUT2D eigenvalue weighted by molar-refractivity contribution is -0.127. The number of carbonyl (C=O) groups excluding carboxylic acids is 3. The van der Waals surface area contributed by atoms with E-state index in [1.54, 1.807) is 22.1 Å². The summed E-state index contributed by atoms with van der Waals surface area (Å²) < 4.78 is 6.17. The Hall–Kier alpha value is -3.92. The summed E-state index contributed by atoms with van der Waals surface area (Å²) >= 11 is 1.25. The fraction of sp³-hybridized carbons (Fsp3) is 0.357. The molecule has 9 nitrogen and oxygen atoms in total. The van der Waals surface area contributed by atoms with Crippen LogP contribution >= 0.6 is 11.3 Å². The summed E-state index contributed by atoms with van der Waals surface area (Å²) in [5.41, 5.74) is 1.82. The van der Waals surface area contributed by atoms with Crippen LogP contribution in [0.4, 0.5) is 21.9 Å². The van der Waals surface area contributed by atoms with E-state index < -0.39 is 0 Å². The van der Waals surface area contributed by atoms with Gasteiger partial charge >= 0.3 is 6.03 Å². The molecule has 1 aliphatic carbocycles. The quantitative estimate of drug-likeness (QED) is 0.425. The van der Waals surface area contributed by atoms with Crippen molar-refractivity contribution in [3.63, 3.8) is 0 Å². The molecule has 1 aromatic carbocycles. The van der Waals surface area contributed by atoms with Crippen molar-refractivity contribution < 1.29 is 19.1 Å². The molecule has 2 aromatic heterocycles. The van der Waals surface area contributed by atoms with Crippen molar-refractivity contribution in [1.82, 2.24) is 15.2 Å². The molecule has 1 saturated heterocycles. The lowest BCUT2D eigenvalue weighted by Crippen LogP contribution is -2.49.